The van der Waals surface area contributed by atoms with E-state index in [9.17, 15) is 23.1 Å². The monoisotopic (exact) mass is 297 g/mol. The number of hydrogen-bond donors (Lipinski definition) is 0. The molecular formula is C15H12F3O3-. The number of ether oxygens (including phenoxy) is 1. The van der Waals surface area contributed by atoms with E-state index < -0.39 is 23.5 Å². The lowest BCUT2D eigenvalue weighted by atomic mass is 9.75. The van der Waals surface area contributed by atoms with Crippen LogP contribution in [0.3, 0.4) is 0 Å². The summed E-state index contributed by atoms with van der Waals surface area (Å²) in [7, 11) is 1.28. The highest BCUT2D eigenvalue weighted by molar-refractivity contribution is 5.73. The van der Waals surface area contributed by atoms with E-state index in [1.54, 1.807) is 6.07 Å². The third-order valence-electron chi connectivity index (χ3n) is 3.43. The molecule has 0 radical (unpaired) electrons. The van der Waals surface area contributed by atoms with Crippen LogP contribution < -0.4 is 9.84 Å². The van der Waals surface area contributed by atoms with Gasteiger partial charge >= 0.3 is 6.18 Å². The molecule has 21 heavy (non-hydrogen) atoms. The molecule has 1 aromatic carbocycles. The third kappa shape index (κ3) is 2.53. The smallest absolute Gasteiger partial charge is 0.405 e. The molecule has 1 aliphatic rings. The van der Waals surface area contributed by atoms with Gasteiger partial charge in [0.25, 0.3) is 0 Å². The largest absolute Gasteiger partial charge is 0.549 e. The van der Waals surface area contributed by atoms with E-state index >= 15 is 0 Å². The number of benzene rings is 1. The summed E-state index contributed by atoms with van der Waals surface area (Å²) in [6.07, 6.45) is -0.993. The van der Waals surface area contributed by atoms with E-state index in [0.29, 0.717) is 0 Å². The number of allylic oxidation sites excluding steroid dienone is 2. The van der Waals surface area contributed by atoms with Gasteiger partial charge in [0.1, 0.15) is 11.2 Å². The molecule has 1 aromatic rings. The van der Waals surface area contributed by atoms with Gasteiger partial charge in [-0.2, -0.15) is 13.2 Å². The lowest BCUT2D eigenvalue weighted by Gasteiger charge is -2.34. The van der Waals surface area contributed by atoms with Crippen LogP contribution in [0.2, 0.25) is 0 Å². The minimum absolute atomic E-state index is 0.0797. The van der Waals surface area contributed by atoms with E-state index in [1.807, 2.05) is 0 Å². The Balaban J connectivity index is 2.59. The molecule has 6 heteroatoms. The van der Waals surface area contributed by atoms with Crippen molar-refractivity contribution in [2.45, 2.75) is 11.6 Å². The minimum atomic E-state index is -4.63. The zero-order valence-electron chi connectivity index (χ0n) is 11.1. The molecule has 0 spiro atoms. The SMILES string of the molecule is COc1ccccc1C1(C(F)(F)F)C=CC(C(=O)[O-])C=C1. The van der Waals surface area contributed by atoms with Crippen LogP contribution in [-0.2, 0) is 10.2 Å². The van der Waals surface area contributed by atoms with Crippen molar-refractivity contribution in [3.8, 4) is 5.75 Å². The van der Waals surface area contributed by atoms with Crippen LogP contribution in [0.4, 0.5) is 13.2 Å². The van der Waals surface area contributed by atoms with Crippen molar-refractivity contribution in [1.29, 1.82) is 0 Å². The molecule has 0 saturated carbocycles. The van der Waals surface area contributed by atoms with Crippen LogP contribution in [-0.4, -0.2) is 19.3 Å². The number of halogens is 3. The summed E-state index contributed by atoms with van der Waals surface area (Å²) in [6, 6.07) is 5.76. The number of carbonyl (C=O) groups is 1. The Morgan fingerprint density at radius 2 is 1.81 bits per heavy atom. The van der Waals surface area contributed by atoms with Crippen molar-refractivity contribution >= 4 is 5.97 Å². The van der Waals surface area contributed by atoms with Crippen LogP contribution in [0, 0.1) is 5.92 Å². The number of alkyl halides is 3. The van der Waals surface area contributed by atoms with Gasteiger partial charge in [-0.15, -0.1) is 0 Å². The average molecular weight is 297 g/mol. The molecule has 0 N–H and O–H groups in total. The van der Waals surface area contributed by atoms with Crippen molar-refractivity contribution in [3.05, 3.63) is 54.1 Å². The summed E-state index contributed by atoms with van der Waals surface area (Å²) in [6.45, 7) is 0. The van der Waals surface area contributed by atoms with Crippen LogP contribution in [0.1, 0.15) is 5.56 Å². The Labute approximate surface area is 119 Å². The number of carboxylic acid groups (broad SMARTS) is 1. The van der Waals surface area contributed by atoms with Crippen LogP contribution in [0.5, 0.6) is 5.75 Å². The van der Waals surface area contributed by atoms with Gasteiger partial charge in [-0.05, 0) is 6.07 Å². The topological polar surface area (TPSA) is 49.4 Å². The van der Waals surface area contributed by atoms with Gasteiger partial charge in [0.05, 0.1) is 13.1 Å². The van der Waals surface area contributed by atoms with Crippen molar-refractivity contribution < 1.29 is 27.8 Å². The molecule has 0 bridgehead atoms. The summed E-state index contributed by atoms with van der Waals surface area (Å²) < 4.78 is 45.8. The van der Waals surface area contributed by atoms with Crippen LogP contribution in [0.15, 0.2) is 48.6 Å². The summed E-state index contributed by atoms with van der Waals surface area (Å²) in [4.78, 5) is 10.8. The normalized spacial score (nSPS) is 24.9. The molecule has 3 nitrogen and oxygen atoms in total. The first-order valence-electron chi connectivity index (χ1n) is 6.11. The van der Waals surface area contributed by atoms with Gasteiger partial charge in [-0.25, -0.2) is 0 Å². The first-order valence-corrected chi connectivity index (χ1v) is 6.11. The highest BCUT2D eigenvalue weighted by Crippen LogP contribution is 2.48. The molecule has 0 unspecified atom stereocenters. The van der Waals surface area contributed by atoms with Gasteiger partial charge in [-0.1, -0.05) is 42.5 Å². The van der Waals surface area contributed by atoms with E-state index in [1.165, 1.54) is 25.3 Å². The summed E-state index contributed by atoms with van der Waals surface area (Å²) in [5.41, 5.74) is -2.50. The molecule has 0 atom stereocenters. The zero-order chi connectivity index (χ0) is 15.7. The first kappa shape index (κ1) is 15.2. The lowest BCUT2D eigenvalue weighted by molar-refractivity contribution is -0.308. The number of carbonyl (C=O) groups excluding carboxylic acids is 1. The Morgan fingerprint density at radius 3 is 2.29 bits per heavy atom. The molecule has 0 fully saturated rings. The maximum atomic E-state index is 13.6. The van der Waals surface area contributed by atoms with Crippen LogP contribution in [0.25, 0.3) is 0 Å². The number of hydrogen-bond acceptors (Lipinski definition) is 3. The Kier molecular flexibility index (Phi) is 3.80. The second-order valence-corrected chi connectivity index (χ2v) is 4.63. The predicted octanol–water partition coefficient (Wildman–Crippen LogP) is 1.99. The highest BCUT2D eigenvalue weighted by Gasteiger charge is 2.54. The molecule has 1 aliphatic carbocycles. The maximum absolute atomic E-state index is 13.6. The van der Waals surface area contributed by atoms with Crippen molar-refractivity contribution in [2.24, 2.45) is 5.92 Å². The first-order chi connectivity index (χ1) is 9.82. The Morgan fingerprint density at radius 1 is 1.24 bits per heavy atom. The van der Waals surface area contributed by atoms with Gasteiger partial charge in [0.15, 0.2) is 0 Å². The number of para-hydroxylation sites is 1. The second-order valence-electron chi connectivity index (χ2n) is 4.63. The van der Waals surface area contributed by atoms with Crippen LogP contribution >= 0.6 is 0 Å². The number of methoxy groups -OCH3 is 1. The van der Waals surface area contributed by atoms with E-state index in [-0.39, 0.29) is 11.3 Å². The van der Waals surface area contributed by atoms with Gasteiger partial charge in [-0.3, -0.25) is 0 Å². The molecule has 0 amide bonds. The maximum Gasteiger partial charge on any atom is 0.405 e. The zero-order valence-corrected chi connectivity index (χ0v) is 11.1. The molecule has 0 saturated heterocycles. The number of rotatable bonds is 3. The Hall–Kier alpha value is -2.24. The van der Waals surface area contributed by atoms with Gasteiger partial charge in [0, 0.05) is 11.5 Å². The summed E-state index contributed by atoms with van der Waals surface area (Å²) >= 11 is 0. The molecule has 0 heterocycles. The standard InChI is InChI=1S/C15H13F3O3/c1-21-12-5-3-2-4-11(12)14(15(16,17)18)8-6-10(7-9-14)13(19)20/h2-10H,1H3,(H,19,20)/p-1. The second kappa shape index (κ2) is 5.27. The van der Waals surface area contributed by atoms with Crippen molar-refractivity contribution in [3.63, 3.8) is 0 Å². The molecule has 2 rings (SSSR count). The molecular weight excluding hydrogens is 285 g/mol. The summed E-state index contributed by atoms with van der Waals surface area (Å²) in [5, 5.41) is 10.8. The molecule has 112 valence electrons. The fourth-order valence-electron chi connectivity index (χ4n) is 2.30. The number of carboxylic acids is 1. The summed E-state index contributed by atoms with van der Waals surface area (Å²) in [5.74, 6) is -2.54. The minimum Gasteiger partial charge on any atom is -0.549 e. The predicted molar refractivity (Wildman–Crippen MR) is 67.5 cm³/mol. The van der Waals surface area contributed by atoms with Gasteiger partial charge < -0.3 is 14.6 Å². The molecule has 0 aliphatic heterocycles. The van der Waals surface area contributed by atoms with Crippen molar-refractivity contribution in [2.75, 3.05) is 7.11 Å². The number of aliphatic carboxylic acids is 1. The average Bonchev–Trinajstić information content (AvgIpc) is 2.46. The fourth-order valence-corrected chi connectivity index (χ4v) is 2.30. The fraction of sp³-hybridized carbons (Fsp3) is 0.267. The van der Waals surface area contributed by atoms with E-state index in [0.717, 1.165) is 24.3 Å². The Bertz CT molecular complexity index is 588. The highest BCUT2D eigenvalue weighted by atomic mass is 19.4. The van der Waals surface area contributed by atoms with Gasteiger partial charge in [0.2, 0.25) is 0 Å². The quantitative estimate of drug-likeness (QED) is 0.802. The third-order valence-corrected chi connectivity index (χ3v) is 3.43. The van der Waals surface area contributed by atoms with E-state index in [4.69, 9.17) is 4.74 Å². The molecule has 0 aromatic heterocycles. The lowest BCUT2D eigenvalue weighted by Crippen LogP contribution is -2.42. The van der Waals surface area contributed by atoms with E-state index in [2.05, 4.69) is 0 Å². The van der Waals surface area contributed by atoms with Crippen molar-refractivity contribution in [1.82, 2.24) is 0 Å².